The number of piperazine rings is 1. The van der Waals surface area contributed by atoms with Gasteiger partial charge in [0.2, 0.25) is 11.6 Å². The fourth-order valence-corrected chi connectivity index (χ4v) is 4.53. The van der Waals surface area contributed by atoms with E-state index < -0.39 is 5.97 Å². The average molecular weight is 432 g/mol. The van der Waals surface area contributed by atoms with Gasteiger partial charge in [0.05, 0.1) is 5.56 Å². The number of carboxylic acids is 1. The number of benzene rings is 2. The lowest BCUT2D eigenvalue weighted by Gasteiger charge is -2.36. The van der Waals surface area contributed by atoms with Crippen molar-refractivity contribution in [3.63, 3.8) is 0 Å². The molecule has 5 rings (SSSR count). The molecule has 0 bridgehead atoms. The van der Waals surface area contributed by atoms with Crippen molar-refractivity contribution in [2.24, 2.45) is 0 Å². The van der Waals surface area contributed by atoms with Crippen molar-refractivity contribution in [3.05, 3.63) is 76.6 Å². The zero-order valence-corrected chi connectivity index (χ0v) is 17.6. The summed E-state index contributed by atoms with van der Waals surface area (Å²) in [5.74, 6) is -1.11. The molecule has 164 valence electrons. The molecule has 1 aliphatic carbocycles. The van der Waals surface area contributed by atoms with Crippen LogP contribution in [0.25, 0.3) is 0 Å². The van der Waals surface area contributed by atoms with E-state index in [0.29, 0.717) is 34.6 Å². The Hall–Kier alpha value is -3.65. The van der Waals surface area contributed by atoms with Gasteiger partial charge >= 0.3 is 5.97 Å². The Labute approximate surface area is 185 Å². The number of carboxylic acid groups (broad SMARTS) is 1. The number of nitrogens with one attached hydrogen (secondary N) is 1. The van der Waals surface area contributed by atoms with Crippen LogP contribution in [0, 0.1) is 0 Å². The van der Waals surface area contributed by atoms with Crippen LogP contribution in [0.4, 0.5) is 5.69 Å². The van der Waals surface area contributed by atoms with Crippen LogP contribution in [0.5, 0.6) is 0 Å². The first-order valence-corrected chi connectivity index (χ1v) is 10.8. The van der Waals surface area contributed by atoms with Crippen LogP contribution >= 0.6 is 0 Å². The Kier molecular flexibility index (Phi) is 5.14. The van der Waals surface area contributed by atoms with Gasteiger partial charge in [-0.25, -0.2) is 4.79 Å². The highest BCUT2D eigenvalue weighted by Crippen LogP contribution is 2.28. The van der Waals surface area contributed by atoms with E-state index in [2.05, 4.69) is 14.9 Å². The van der Waals surface area contributed by atoms with Gasteiger partial charge < -0.3 is 10.0 Å². The van der Waals surface area contributed by atoms with E-state index in [1.54, 1.807) is 41.1 Å². The molecular formula is C24H24N4O4. The molecule has 0 unspecified atom stereocenters. The van der Waals surface area contributed by atoms with Crippen molar-refractivity contribution >= 4 is 23.2 Å². The number of hydrogen-bond donors (Lipinski definition) is 2. The van der Waals surface area contributed by atoms with Gasteiger partial charge in [-0.2, -0.15) is 0 Å². The summed E-state index contributed by atoms with van der Waals surface area (Å²) in [6.45, 7) is 5.18. The maximum absolute atomic E-state index is 12.8. The molecule has 0 amide bonds. The molecule has 1 aromatic heterocycles. The van der Waals surface area contributed by atoms with Gasteiger partial charge in [-0.05, 0) is 30.7 Å². The molecule has 8 nitrogen and oxygen atoms in total. The number of aryl methyl sites for hydroxylation is 1. The fourth-order valence-electron chi connectivity index (χ4n) is 4.53. The highest BCUT2D eigenvalue weighted by Gasteiger charge is 2.35. The summed E-state index contributed by atoms with van der Waals surface area (Å²) in [5, 5.41) is 12.1. The molecule has 1 fully saturated rings. The van der Waals surface area contributed by atoms with E-state index in [9.17, 15) is 14.4 Å². The van der Waals surface area contributed by atoms with Crippen LogP contribution < -0.4 is 4.90 Å². The normalized spacial score (nSPS) is 16.2. The molecule has 0 saturated carbocycles. The number of H-pyrrole nitrogens is 1. The molecule has 2 heterocycles. The van der Waals surface area contributed by atoms with Crippen molar-refractivity contribution in [1.82, 2.24) is 14.7 Å². The first-order chi connectivity index (χ1) is 15.5. The van der Waals surface area contributed by atoms with E-state index in [1.807, 2.05) is 12.1 Å². The number of ketones is 2. The van der Waals surface area contributed by atoms with Crippen molar-refractivity contribution < 1.29 is 19.5 Å². The second-order valence-corrected chi connectivity index (χ2v) is 8.23. The summed E-state index contributed by atoms with van der Waals surface area (Å²) in [5.41, 5.74) is 3.19. The summed E-state index contributed by atoms with van der Waals surface area (Å²) in [6.07, 6.45) is 0.875. The zero-order valence-electron chi connectivity index (χ0n) is 17.6. The van der Waals surface area contributed by atoms with Crippen LogP contribution in [-0.2, 0) is 6.54 Å². The van der Waals surface area contributed by atoms with Crippen molar-refractivity contribution in [1.29, 1.82) is 0 Å². The van der Waals surface area contributed by atoms with E-state index in [1.165, 1.54) is 0 Å². The third kappa shape index (κ3) is 3.52. The number of aromatic nitrogens is 2. The van der Waals surface area contributed by atoms with Gasteiger partial charge in [0.15, 0.2) is 0 Å². The Morgan fingerprint density at radius 1 is 0.875 bits per heavy atom. The molecule has 1 aliphatic heterocycles. The van der Waals surface area contributed by atoms with E-state index in [-0.39, 0.29) is 11.6 Å². The van der Waals surface area contributed by atoms with Gasteiger partial charge in [-0.1, -0.05) is 24.3 Å². The lowest BCUT2D eigenvalue weighted by atomic mass is 9.89. The SMILES string of the molecule is O=C(O)c1ccc(N2CCN(CCCn3[nH]c4c3C(=O)c3ccccc3C4=O)CC2)cc1. The third-order valence-electron chi connectivity index (χ3n) is 6.32. The molecule has 2 aromatic carbocycles. The Morgan fingerprint density at radius 3 is 2.19 bits per heavy atom. The van der Waals surface area contributed by atoms with Gasteiger partial charge in [0, 0.05) is 56.1 Å². The predicted molar refractivity (Wildman–Crippen MR) is 119 cm³/mol. The third-order valence-corrected chi connectivity index (χ3v) is 6.32. The van der Waals surface area contributed by atoms with Gasteiger partial charge in [0.25, 0.3) is 0 Å². The molecule has 0 atom stereocenters. The van der Waals surface area contributed by atoms with Crippen molar-refractivity contribution in [2.75, 3.05) is 37.6 Å². The average Bonchev–Trinajstić information content (AvgIpc) is 2.80. The molecule has 1 saturated heterocycles. The first kappa shape index (κ1) is 20.3. The highest BCUT2D eigenvalue weighted by molar-refractivity contribution is 6.27. The minimum Gasteiger partial charge on any atom is -0.478 e. The maximum Gasteiger partial charge on any atom is 0.335 e. The number of aromatic amines is 1. The summed E-state index contributed by atoms with van der Waals surface area (Å²) < 4.78 is 1.80. The lowest BCUT2D eigenvalue weighted by Crippen LogP contribution is -2.46. The maximum atomic E-state index is 12.8. The number of nitrogens with zero attached hydrogens (tertiary/aromatic N) is 3. The number of anilines is 1. The summed E-state index contributed by atoms with van der Waals surface area (Å²) in [6, 6.07) is 14.0. The summed E-state index contributed by atoms with van der Waals surface area (Å²) >= 11 is 0. The van der Waals surface area contributed by atoms with Crippen LogP contribution in [0.1, 0.15) is 48.9 Å². The van der Waals surface area contributed by atoms with Crippen LogP contribution in [-0.4, -0.2) is 70.0 Å². The van der Waals surface area contributed by atoms with Gasteiger partial charge in [0.1, 0.15) is 11.4 Å². The van der Waals surface area contributed by atoms with E-state index in [0.717, 1.165) is 44.8 Å². The topological polar surface area (TPSA) is 98.6 Å². The predicted octanol–water partition coefficient (Wildman–Crippen LogP) is 2.50. The van der Waals surface area contributed by atoms with Crippen LogP contribution in [0.15, 0.2) is 48.5 Å². The number of carbonyl (C=O) groups excluding carboxylic acids is 2. The smallest absolute Gasteiger partial charge is 0.335 e. The van der Waals surface area contributed by atoms with Crippen molar-refractivity contribution in [2.45, 2.75) is 13.0 Å². The molecule has 32 heavy (non-hydrogen) atoms. The van der Waals surface area contributed by atoms with E-state index >= 15 is 0 Å². The Bertz CT molecular complexity index is 1180. The first-order valence-electron chi connectivity index (χ1n) is 10.8. The number of aromatic carboxylic acids is 1. The number of rotatable bonds is 6. The minimum absolute atomic E-state index is 0.0866. The molecule has 3 aromatic rings. The highest BCUT2D eigenvalue weighted by atomic mass is 16.4. The second-order valence-electron chi connectivity index (χ2n) is 8.23. The lowest BCUT2D eigenvalue weighted by molar-refractivity contribution is 0.0696. The molecule has 2 aliphatic rings. The standard InChI is InChI=1S/C24H24N4O4/c29-22-18-4-1-2-5-19(18)23(30)21-20(22)25-28(21)11-3-10-26-12-14-27(15-13-26)17-8-6-16(7-9-17)24(31)32/h1-2,4-9,25H,3,10-15H2,(H,31,32). The molecule has 2 N–H and O–H groups in total. The number of fused-ring (bicyclic) bond motifs is 2. The van der Waals surface area contributed by atoms with Gasteiger partial charge in [-0.15, -0.1) is 0 Å². The number of hydrogen-bond acceptors (Lipinski definition) is 5. The molecule has 0 spiro atoms. The Morgan fingerprint density at radius 2 is 1.53 bits per heavy atom. The van der Waals surface area contributed by atoms with E-state index in [4.69, 9.17) is 5.11 Å². The molecular weight excluding hydrogens is 408 g/mol. The van der Waals surface area contributed by atoms with Gasteiger partial charge in [-0.3, -0.25) is 24.3 Å². The quantitative estimate of drug-likeness (QED) is 0.486. The summed E-state index contributed by atoms with van der Waals surface area (Å²) in [4.78, 5) is 41.0. The van der Waals surface area contributed by atoms with Crippen LogP contribution in [0.3, 0.4) is 0 Å². The molecule has 0 radical (unpaired) electrons. The number of carbonyl (C=O) groups is 3. The zero-order chi connectivity index (χ0) is 22.2. The second kappa shape index (κ2) is 8.12. The monoisotopic (exact) mass is 432 g/mol. The Balaban J connectivity index is 1.13. The molecule has 8 heteroatoms. The van der Waals surface area contributed by atoms with Crippen molar-refractivity contribution in [3.8, 4) is 0 Å². The largest absolute Gasteiger partial charge is 0.478 e. The van der Waals surface area contributed by atoms with Crippen LogP contribution in [0.2, 0.25) is 0 Å². The summed E-state index contributed by atoms with van der Waals surface area (Å²) in [7, 11) is 0. The fraction of sp³-hybridized carbons (Fsp3) is 0.292. The minimum atomic E-state index is -0.913.